The Morgan fingerprint density at radius 1 is 1.20 bits per heavy atom. The SMILES string of the molecule is COc1ccc(C(NC(=O)CCCc2ccccc2)C(=O)O)cc1F. The van der Waals surface area contributed by atoms with Crippen molar-refractivity contribution in [3.8, 4) is 5.75 Å². The highest BCUT2D eigenvalue weighted by Gasteiger charge is 2.23. The molecule has 6 heteroatoms. The Morgan fingerprint density at radius 3 is 2.52 bits per heavy atom. The van der Waals surface area contributed by atoms with Crippen LogP contribution in [0.5, 0.6) is 5.75 Å². The fourth-order valence-corrected chi connectivity index (χ4v) is 2.48. The molecule has 132 valence electrons. The number of amides is 1. The van der Waals surface area contributed by atoms with Gasteiger partial charge in [-0.2, -0.15) is 0 Å². The molecule has 0 spiro atoms. The zero-order valence-electron chi connectivity index (χ0n) is 13.9. The summed E-state index contributed by atoms with van der Waals surface area (Å²) in [4.78, 5) is 23.5. The van der Waals surface area contributed by atoms with Crippen LogP contribution in [0, 0.1) is 5.82 Å². The minimum absolute atomic E-state index is 0.0158. The lowest BCUT2D eigenvalue weighted by Crippen LogP contribution is -2.33. The Balaban J connectivity index is 1.95. The Labute approximate surface area is 145 Å². The number of rotatable bonds is 8. The van der Waals surface area contributed by atoms with Crippen molar-refractivity contribution >= 4 is 11.9 Å². The predicted molar refractivity (Wildman–Crippen MR) is 90.9 cm³/mol. The van der Waals surface area contributed by atoms with Crippen LogP contribution in [0.15, 0.2) is 48.5 Å². The lowest BCUT2D eigenvalue weighted by molar-refractivity contribution is -0.142. The van der Waals surface area contributed by atoms with Crippen molar-refractivity contribution in [3.05, 3.63) is 65.5 Å². The lowest BCUT2D eigenvalue weighted by atomic mass is 10.1. The average molecular weight is 345 g/mol. The second-order valence-corrected chi connectivity index (χ2v) is 5.57. The molecule has 1 atom stereocenters. The van der Waals surface area contributed by atoms with Gasteiger partial charge in [-0.25, -0.2) is 9.18 Å². The Kier molecular flexibility index (Phi) is 6.51. The van der Waals surface area contributed by atoms with Crippen LogP contribution >= 0.6 is 0 Å². The van der Waals surface area contributed by atoms with Crippen LogP contribution in [0.2, 0.25) is 0 Å². The van der Waals surface area contributed by atoms with Gasteiger partial charge in [0.2, 0.25) is 5.91 Å². The summed E-state index contributed by atoms with van der Waals surface area (Å²) in [7, 11) is 1.32. The molecule has 0 bridgehead atoms. The van der Waals surface area contributed by atoms with Crippen molar-refractivity contribution in [2.75, 3.05) is 7.11 Å². The Hall–Kier alpha value is -2.89. The van der Waals surface area contributed by atoms with Gasteiger partial charge >= 0.3 is 5.97 Å². The van der Waals surface area contributed by atoms with Crippen LogP contribution in [0.25, 0.3) is 0 Å². The monoisotopic (exact) mass is 345 g/mol. The molecule has 0 saturated carbocycles. The number of carbonyl (C=O) groups is 2. The summed E-state index contributed by atoms with van der Waals surface area (Å²) < 4.78 is 18.6. The van der Waals surface area contributed by atoms with E-state index in [4.69, 9.17) is 4.74 Å². The van der Waals surface area contributed by atoms with Crippen molar-refractivity contribution in [1.29, 1.82) is 0 Å². The van der Waals surface area contributed by atoms with E-state index in [-0.39, 0.29) is 23.6 Å². The summed E-state index contributed by atoms with van der Waals surface area (Å²) in [6.45, 7) is 0. The van der Waals surface area contributed by atoms with Gasteiger partial charge in [0.15, 0.2) is 17.6 Å². The maximum Gasteiger partial charge on any atom is 0.330 e. The van der Waals surface area contributed by atoms with E-state index < -0.39 is 17.8 Å². The van der Waals surface area contributed by atoms with E-state index in [2.05, 4.69) is 5.32 Å². The maximum absolute atomic E-state index is 13.8. The number of ether oxygens (including phenoxy) is 1. The van der Waals surface area contributed by atoms with E-state index >= 15 is 0 Å². The molecule has 0 radical (unpaired) electrons. The van der Waals surface area contributed by atoms with E-state index in [1.54, 1.807) is 0 Å². The third-order valence-electron chi connectivity index (χ3n) is 3.77. The van der Waals surface area contributed by atoms with Crippen LogP contribution in [-0.2, 0) is 16.0 Å². The largest absolute Gasteiger partial charge is 0.494 e. The van der Waals surface area contributed by atoms with Gasteiger partial charge in [0.25, 0.3) is 0 Å². The summed E-state index contributed by atoms with van der Waals surface area (Å²) in [6.07, 6.45) is 1.51. The van der Waals surface area contributed by atoms with Gasteiger partial charge in [-0.15, -0.1) is 0 Å². The predicted octanol–water partition coefficient (Wildman–Crippen LogP) is 3.10. The van der Waals surface area contributed by atoms with E-state index in [0.29, 0.717) is 6.42 Å². The summed E-state index contributed by atoms with van der Waals surface area (Å²) in [5.74, 6) is -2.30. The molecular formula is C19H20FNO4. The molecular weight excluding hydrogens is 325 g/mol. The molecule has 2 rings (SSSR count). The van der Waals surface area contributed by atoms with Crippen LogP contribution < -0.4 is 10.1 Å². The molecule has 0 fully saturated rings. The van der Waals surface area contributed by atoms with Crippen molar-refractivity contribution in [2.24, 2.45) is 0 Å². The molecule has 2 aromatic carbocycles. The number of aryl methyl sites for hydroxylation is 1. The van der Waals surface area contributed by atoms with Gasteiger partial charge in [0, 0.05) is 6.42 Å². The Bertz CT molecular complexity index is 733. The number of methoxy groups -OCH3 is 1. The van der Waals surface area contributed by atoms with Crippen molar-refractivity contribution < 1.29 is 23.8 Å². The number of hydrogen-bond donors (Lipinski definition) is 2. The first-order valence-corrected chi connectivity index (χ1v) is 7.91. The molecule has 1 unspecified atom stereocenters. The van der Waals surface area contributed by atoms with Gasteiger partial charge < -0.3 is 15.2 Å². The molecule has 25 heavy (non-hydrogen) atoms. The lowest BCUT2D eigenvalue weighted by Gasteiger charge is -2.16. The summed E-state index contributed by atoms with van der Waals surface area (Å²) in [6, 6.07) is 12.2. The highest BCUT2D eigenvalue weighted by molar-refractivity contribution is 5.84. The van der Waals surface area contributed by atoms with E-state index in [1.165, 1.54) is 19.2 Å². The van der Waals surface area contributed by atoms with Gasteiger partial charge in [-0.3, -0.25) is 4.79 Å². The number of aliphatic carboxylic acids is 1. The minimum atomic E-state index is -1.30. The standard InChI is InChI=1S/C19H20FNO4/c1-25-16-11-10-14(12-15(16)20)18(19(23)24)21-17(22)9-5-8-13-6-3-2-4-7-13/h2-4,6-7,10-12,18H,5,8-9H2,1H3,(H,21,22)(H,23,24). The molecule has 0 heterocycles. The smallest absolute Gasteiger partial charge is 0.330 e. The molecule has 1 amide bonds. The number of carboxylic acid groups (broad SMARTS) is 1. The van der Waals surface area contributed by atoms with Crippen LogP contribution in [0.1, 0.15) is 30.0 Å². The summed E-state index contributed by atoms with van der Waals surface area (Å²) in [5, 5.41) is 11.8. The van der Waals surface area contributed by atoms with E-state index in [0.717, 1.165) is 18.1 Å². The number of benzene rings is 2. The molecule has 0 aliphatic rings. The minimum Gasteiger partial charge on any atom is -0.494 e. The highest BCUT2D eigenvalue weighted by Crippen LogP contribution is 2.22. The number of carbonyl (C=O) groups excluding carboxylic acids is 1. The molecule has 2 N–H and O–H groups in total. The van der Waals surface area contributed by atoms with Crippen LogP contribution in [0.3, 0.4) is 0 Å². The number of carboxylic acids is 1. The maximum atomic E-state index is 13.8. The highest BCUT2D eigenvalue weighted by atomic mass is 19.1. The molecule has 0 aliphatic heterocycles. The number of nitrogens with one attached hydrogen (secondary N) is 1. The van der Waals surface area contributed by atoms with Crippen molar-refractivity contribution in [3.63, 3.8) is 0 Å². The molecule has 0 saturated heterocycles. The first-order chi connectivity index (χ1) is 12.0. The van der Waals surface area contributed by atoms with Crippen molar-refractivity contribution in [1.82, 2.24) is 5.32 Å². The Morgan fingerprint density at radius 2 is 1.92 bits per heavy atom. The summed E-state index contributed by atoms with van der Waals surface area (Å²) in [5.41, 5.74) is 1.27. The van der Waals surface area contributed by atoms with Gasteiger partial charge in [-0.05, 0) is 36.1 Å². The zero-order chi connectivity index (χ0) is 18.2. The molecule has 0 aromatic heterocycles. The zero-order valence-corrected chi connectivity index (χ0v) is 13.9. The quantitative estimate of drug-likeness (QED) is 0.771. The molecule has 2 aromatic rings. The van der Waals surface area contributed by atoms with Gasteiger partial charge in [0.05, 0.1) is 7.11 Å². The fraction of sp³-hybridized carbons (Fsp3) is 0.263. The third-order valence-corrected chi connectivity index (χ3v) is 3.77. The van der Waals surface area contributed by atoms with E-state index in [1.807, 2.05) is 30.3 Å². The number of halogens is 1. The first kappa shape index (κ1) is 18.4. The second kappa shape index (κ2) is 8.82. The summed E-state index contributed by atoms with van der Waals surface area (Å²) >= 11 is 0. The molecule has 0 aliphatic carbocycles. The third kappa shape index (κ3) is 5.31. The van der Waals surface area contributed by atoms with Crippen LogP contribution in [-0.4, -0.2) is 24.1 Å². The first-order valence-electron chi connectivity index (χ1n) is 7.91. The fourth-order valence-electron chi connectivity index (χ4n) is 2.48. The second-order valence-electron chi connectivity index (χ2n) is 5.57. The van der Waals surface area contributed by atoms with E-state index in [9.17, 15) is 19.1 Å². The van der Waals surface area contributed by atoms with Gasteiger partial charge in [0.1, 0.15) is 0 Å². The average Bonchev–Trinajstić information content (AvgIpc) is 2.60. The number of hydrogen-bond acceptors (Lipinski definition) is 3. The van der Waals surface area contributed by atoms with Crippen LogP contribution in [0.4, 0.5) is 4.39 Å². The topological polar surface area (TPSA) is 75.6 Å². The van der Waals surface area contributed by atoms with Gasteiger partial charge in [-0.1, -0.05) is 36.4 Å². The van der Waals surface area contributed by atoms with Crippen molar-refractivity contribution in [2.45, 2.75) is 25.3 Å². The normalized spacial score (nSPS) is 11.6. The molecule has 5 nitrogen and oxygen atoms in total.